The Morgan fingerprint density at radius 1 is 1.18 bits per heavy atom. The maximum atomic E-state index is 13.3. The first-order valence-electron chi connectivity index (χ1n) is 12.3. The number of rotatable bonds is 7. The molecule has 0 aromatic heterocycles. The zero-order chi connectivity index (χ0) is 23.8. The first kappa shape index (κ1) is 23.5. The molecule has 4 fully saturated rings. The summed E-state index contributed by atoms with van der Waals surface area (Å²) in [6, 6.07) is 0.664. The van der Waals surface area contributed by atoms with Gasteiger partial charge < -0.3 is 20.9 Å². The van der Waals surface area contributed by atoms with E-state index in [1.54, 1.807) is 4.90 Å². The summed E-state index contributed by atoms with van der Waals surface area (Å²) in [5.74, 6) is -0.808. The van der Waals surface area contributed by atoms with E-state index < -0.39 is 12.1 Å². The van der Waals surface area contributed by atoms with E-state index in [-0.39, 0.29) is 65.7 Å². The first-order chi connectivity index (χ1) is 15.7. The molecule has 4 rings (SSSR count). The molecule has 180 valence electrons. The number of carbonyl (C=O) groups is 4. The Balaban J connectivity index is 1.37. The largest absolute Gasteiger partial charge is 0.356 e. The van der Waals surface area contributed by atoms with E-state index in [0.717, 1.165) is 32.1 Å². The Labute approximate surface area is 195 Å². The van der Waals surface area contributed by atoms with E-state index in [9.17, 15) is 24.4 Å². The Hall–Kier alpha value is -2.63. The van der Waals surface area contributed by atoms with Crippen LogP contribution < -0.4 is 16.0 Å². The maximum absolute atomic E-state index is 13.3. The minimum atomic E-state index is -0.782. The average Bonchev–Trinajstić information content (AvgIpc) is 3.16. The molecule has 5 atom stereocenters. The van der Waals surface area contributed by atoms with Gasteiger partial charge in [-0.2, -0.15) is 5.26 Å². The summed E-state index contributed by atoms with van der Waals surface area (Å²) in [6.07, 6.45) is 5.89. The molecule has 0 radical (unpaired) electrons. The lowest BCUT2D eigenvalue weighted by atomic mass is 9.89. The summed E-state index contributed by atoms with van der Waals surface area (Å²) in [7, 11) is 0. The van der Waals surface area contributed by atoms with E-state index in [2.05, 4.69) is 35.9 Å². The molecule has 2 saturated heterocycles. The third-order valence-corrected chi connectivity index (χ3v) is 8.34. The zero-order valence-corrected chi connectivity index (χ0v) is 19.6. The van der Waals surface area contributed by atoms with Crippen molar-refractivity contribution in [1.82, 2.24) is 20.9 Å². The summed E-state index contributed by atoms with van der Waals surface area (Å²) in [5.41, 5.74) is -0.0440. The quantitative estimate of drug-likeness (QED) is 0.518. The third kappa shape index (κ3) is 4.71. The van der Waals surface area contributed by atoms with E-state index in [4.69, 9.17) is 0 Å². The van der Waals surface area contributed by atoms with E-state index in [1.807, 2.05) is 0 Å². The monoisotopic (exact) mass is 457 g/mol. The van der Waals surface area contributed by atoms with Crippen molar-refractivity contribution in [2.75, 3.05) is 19.6 Å². The molecule has 9 nitrogen and oxygen atoms in total. The molecule has 0 unspecified atom stereocenters. The van der Waals surface area contributed by atoms with Crippen molar-refractivity contribution in [3.8, 4) is 6.07 Å². The van der Waals surface area contributed by atoms with Crippen LogP contribution in [0.5, 0.6) is 0 Å². The van der Waals surface area contributed by atoms with Crippen molar-refractivity contribution < 1.29 is 19.2 Å². The van der Waals surface area contributed by atoms with Crippen LogP contribution in [0.2, 0.25) is 0 Å². The SMILES string of the molecule is CC1(C)[C@@H]2[C@@H](C(=O)N[C@H](C#N)C[C@@H]3CCNC3=O)N(C(=O)CNC(=O)C3CCCCC3)C[C@@H]21. The van der Waals surface area contributed by atoms with Gasteiger partial charge in [-0.15, -0.1) is 0 Å². The van der Waals surface area contributed by atoms with Gasteiger partial charge in [0.25, 0.3) is 0 Å². The molecule has 0 aromatic rings. The second kappa shape index (κ2) is 9.32. The number of hydrogen-bond donors (Lipinski definition) is 3. The van der Waals surface area contributed by atoms with Crippen LogP contribution >= 0.6 is 0 Å². The lowest BCUT2D eigenvalue weighted by molar-refractivity contribution is -0.141. The Bertz CT molecular complexity index is 859. The maximum Gasteiger partial charge on any atom is 0.244 e. The number of carbonyl (C=O) groups excluding carboxylic acids is 4. The van der Waals surface area contributed by atoms with Gasteiger partial charge >= 0.3 is 0 Å². The van der Waals surface area contributed by atoms with Crippen molar-refractivity contribution >= 4 is 23.6 Å². The predicted octanol–water partition coefficient (Wildman–Crippen LogP) is 0.700. The molecular formula is C24H35N5O4. The van der Waals surface area contributed by atoms with Crippen LogP contribution in [0.15, 0.2) is 0 Å². The zero-order valence-electron chi connectivity index (χ0n) is 19.6. The molecule has 9 heteroatoms. The fraction of sp³-hybridized carbons (Fsp3) is 0.792. The van der Waals surface area contributed by atoms with Gasteiger partial charge in [0.2, 0.25) is 23.6 Å². The van der Waals surface area contributed by atoms with Gasteiger partial charge in [-0.1, -0.05) is 33.1 Å². The smallest absolute Gasteiger partial charge is 0.244 e. The third-order valence-electron chi connectivity index (χ3n) is 8.34. The Morgan fingerprint density at radius 3 is 2.55 bits per heavy atom. The highest BCUT2D eigenvalue weighted by Gasteiger charge is 2.69. The van der Waals surface area contributed by atoms with Crippen molar-refractivity contribution in [2.45, 2.75) is 70.9 Å². The van der Waals surface area contributed by atoms with Crippen LogP contribution in [0.4, 0.5) is 0 Å². The molecule has 0 spiro atoms. The predicted molar refractivity (Wildman–Crippen MR) is 119 cm³/mol. The summed E-state index contributed by atoms with van der Waals surface area (Å²) < 4.78 is 0. The van der Waals surface area contributed by atoms with E-state index in [1.165, 1.54) is 0 Å². The molecular weight excluding hydrogens is 422 g/mol. The average molecular weight is 458 g/mol. The van der Waals surface area contributed by atoms with Crippen molar-refractivity contribution in [2.24, 2.45) is 29.1 Å². The molecule has 2 aliphatic carbocycles. The number of nitrogens with zero attached hydrogens (tertiary/aromatic N) is 2. The second-order valence-corrected chi connectivity index (χ2v) is 10.7. The van der Waals surface area contributed by atoms with Crippen LogP contribution in [0.1, 0.15) is 58.8 Å². The number of fused-ring (bicyclic) bond motifs is 1. The van der Waals surface area contributed by atoms with E-state index in [0.29, 0.717) is 19.5 Å². The Kier molecular flexibility index (Phi) is 6.64. The molecule has 2 aliphatic heterocycles. The topological polar surface area (TPSA) is 131 Å². The molecule has 4 amide bonds. The lowest BCUT2D eigenvalue weighted by Gasteiger charge is -2.31. The number of hydrogen-bond acceptors (Lipinski definition) is 5. The fourth-order valence-corrected chi connectivity index (χ4v) is 6.17. The van der Waals surface area contributed by atoms with E-state index >= 15 is 0 Å². The molecule has 0 bridgehead atoms. The number of nitrogens with one attached hydrogen (secondary N) is 3. The van der Waals surface area contributed by atoms with Gasteiger partial charge in [0.15, 0.2) is 0 Å². The number of nitriles is 1. The minimum absolute atomic E-state index is 0.0271. The van der Waals surface area contributed by atoms with Crippen LogP contribution in [0.25, 0.3) is 0 Å². The summed E-state index contributed by atoms with van der Waals surface area (Å²) in [4.78, 5) is 52.2. The van der Waals surface area contributed by atoms with Gasteiger partial charge in [0.1, 0.15) is 12.1 Å². The fourth-order valence-electron chi connectivity index (χ4n) is 6.17. The standard InChI is InChI=1S/C24H35N5O4/c1-24(2)17-13-29(18(30)12-27-21(31)14-6-4-3-5-7-14)20(19(17)24)23(33)28-16(11-25)10-15-8-9-26-22(15)32/h14-17,19-20H,3-10,12-13H2,1-2H3,(H,26,32)(H,27,31)(H,28,33)/t15-,16-,17-,19-,20-/m0/s1. The number of amides is 4. The molecule has 3 N–H and O–H groups in total. The van der Waals surface area contributed by atoms with Crippen LogP contribution in [0, 0.1) is 40.4 Å². The van der Waals surface area contributed by atoms with Gasteiger partial charge in [-0.25, -0.2) is 0 Å². The summed E-state index contributed by atoms with van der Waals surface area (Å²) in [6.45, 7) is 5.16. The van der Waals surface area contributed by atoms with Crippen molar-refractivity contribution in [1.29, 1.82) is 5.26 Å². The van der Waals surface area contributed by atoms with Crippen LogP contribution in [0.3, 0.4) is 0 Å². The van der Waals surface area contributed by atoms with Gasteiger partial charge in [0.05, 0.1) is 12.6 Å². The first-order valence-corrected chi connectivity index (χ1v) is 12.3. The molecule has 2 heterocycles. The highest BCUT2D eigenvalue weighted by molar-refractivity contribution is 5.92. The van der Waals surface area contributed by atoms with Gasteiger partial charge in [0, 0.05) is 24.9 Å². The molecule has 33 heavy (non-hydrogen) atoms. The highest BCUT2D eigenvalue weighted by Crippen LogP contribution is 2.64. The number of likely N-dealkylation sites (tertiary alicyclic amines) is 1. The summed E-state index contributed by atoms with van der Waals surface area (Å²) in [5, 5.41) is 17.9. The minimum Gasteiger partial charge on any atom is -0.356 e. The number of piperidine rings is 1. The van der Waals surface area contributed by atoms with Crippen LogP contribution in [-0.2, 0) is 19.2 Å². The molecule has 2 saturated carbocycles. The van der Waals surface area contributed by atoms with Gasteiger partial charge in [-0.05, 0) is 42.9 Å². The summed E-state index contributed by atoms with van der Waals surface area (Å²) >= 11 is 0. The molecule has 0 aromatic carbocycles. The van der Waals surface area contributed by atoms with Crippen LogP contribution in [-0.4, -0.2) is 60.2 Å². The second-order valence-electron chi connectivity index (χ2n) is 10.7. The Morgan fingerprint density at radius 2 is 1.91 bits per heavy atom. The lowest BCUT2D eigenvalue weighted by Crippen LogP contribution is -2.54. The van der Waals surface area contributed by atoms with Gasteiger partial charge in [-0.3, -0.25) is 19.2 Å². The highest BCUT2D eigenvalue weighted by atomic mass is 16.2. The van der Waals surface area contributed by atoms with Crippen molar-refractivity contribution in [3.63, 3.8) is 0 Å². The molecule has 4 aliphatic rings. The van der Waals surface area contributed by atoms with Crippen molar-refractivity contribution in [3.05, 3.63) is 0 Å². The normalized spacial score (nSPS) is 31.2.